The van der Waals surface area contributed by atoms with Crippen molar-refractivity contribution in [1.29, 1.82) is 0 Å². The van der Waals surface area contributed by atoms with Crippen molar-refractivity contribution in [2.75, 3.05) is 31.5 Å². The fourth-order valence-electron chi connectivity index (χ4n) is 2.37. The number of aromatic nitrogens is 2. The van der Waals surface area contributed by atoms with Gasteiger partial charge in [0.2, 0.25) is 0 Å². The summed E-state index contributed by atoms with van der Waals surface area (Å²) in [5, 5.41) is 3.42. The van der Waals surface area contributed by atoms with E-state index in [0.29, 0.717) is 23.6 Å². The minimum atomic E-state index is 0.202. The first-order valence-electron chi connectivity index (χ1n) is 6.66. The van der Waals surface area contributed by atoms with E-state index in [1.165, 1.54) is 19.2 Å². The van der Waals surface area contributed by atoms with Gasteiger partial charge in [-0.2, -0.15) is 0 Å². The van der Waals surface area contributed by atoms with E-state index in [0.717, 1.165) is 26.2 Å². The molecule has 0 unspecified atom stereocenters. The minimum Gasteiger partial charge on any atom is -0.369 e. The van der Waals surface area contributed by atoms with Gasteiger partial charge < -0.3 is 10.2 Å². The second-order valence-corrected chi connectivity index (χ2v) is 5.16. The number of nitrogens with zero attached hydrogens (tertiary/aromatic N) is 3. The average molecular weight is 283 g/mol. The predicted molar refractivity (Wildman–Crippen MR) is 75.8 cm³/mol. The molecule has 104 valence electrons. The van der Waals surface area contributed by atoms with Gasteiger partial charge in [-0.3, -0.25) is 4.79 Å². The van der Waals surface area contributed by atoms with E-state index in [2.05, 4.69) is 27.1 Å². The van der Waals surface area contributed by atoms with Gasteiger partial charge in [-0.15, -0.1) is 0 Å². The van der Waals surface area contributed by atoms with Crippen LogP contribution in [0.2, 0.25) is 5.15 Å². The Balaban J connectivity index is 1.89. The van der Waals surface area contributed by atoms with Crippen LogP contribution in [0.5, 0.6) is 0 Å². The van der Waals surface area contributed by atoms with Gasteiger partial charge in [0.05, 0.1) is 5.56 Å². The Hall–Kier alpha value is -1.20. The SMILES string of the molecule is CCN1CCC(CNc2ncnc(Cl)c2C=O)CC1. The molecule has 1 saturated heterocycles. The van der Waals surface area contributed by atoms with E-state index < -0.39 is 0 Å². The number of halogens is 1. The number of rotatable bonds is 5. The van der Waals surface area contributed by atoms with Gasteiger partial charge in [-0.25, -0.2) is 9.97 Å². The van der Waals surface area contributed by atoms with Crippen molar-refractivity contribution in [3.05, 3.63) is 17.0 Å². The summed E-state index contributed by atoms with van der Waals surface area (Å²) >= 11 is 5.86. The van der Waals surface area contributed by atoms with Gasteiger partial charge in [0.25, 0.3) is 0 Å². The van der Waals surface area contributed by atoms with Crippen LogP contribution in [0, 0.1) is 5.92 Å². The first-order valence-corrected chi connectivity index (χ1v) is 7.04. The molecule has 1 aliphatic rings. The van der Waals surface area contributed by atoms with Crippen molar-refractivity contribution < 1.29 is 4.79 Å². The molecule has 0 amide bonds. The molecule has 0 atom stereocenters. The standard InChI is InChI=1S/C13H19ClN4O/c1-2-18-5-3-10(4-6-18)7-15-13-11(8-19)12(14)16-9-17-13/h8-10H,2-7H2,1H3,(H,15,16,17). The quantitative estimate of drug-likeness (QED) is 0.662. The lowest BCUT2D eigenvalue weighted by atomic mass is 9.97. The van der Waals surface area contributed by atoms with Crippen LogP contribution >= 0.6 is 11.6 Å². The van der Waals surface area contributed by atoms with Crippen molar-refractivity contribution in [2.24, 2.45) is 5.92 Å². The number of carbonyl (C=O) groups is 1. The Morgan fingerprint density at radius 2 is 2.21 bits per heavy atom. The number of hydrogen-bond acceptors (Lipinski definition) is 5. The number of piperidine rings is 1. The van der Waals surface area contributed by atoms with Crippen LogP contribution in [0.3, 0.4) is 0 Å². The van der Waals surface area contributed by atoms with Crippen LogP contribution in [-0.4, -0.2) is 47.3 Å². The highest BCUT2D eigenvalue weighted by atomic mass is 35.5. The van der Waals surface area contributed by atoms with E-state index in [-0.39, 0.29) is 5.15 Å². The predicted octanol–water partition coefficient (Wildman–Crippen LogP) is 2.09. The third-order valence-electron chi connectivity index (χ3n) is 3.67. The van der Waals surface area contributed by atoms with Crippen LogP contribution in [0.15, 0.2) is 6.33 Å². The lowest BCUT2D eigenvalue weighted by Gasteiger charge is -2.31. The molecule has 5 nitrogen and oxygen atoms in total. The van der Waals surface area contributed by atoms with Crippen molar-refractivity contribution in [2.45, 2.75) is 19.8 Å². The van der Waals surface area contributed by atoms with Crippen LogP contribution in [-0.2, 0) is 0 Å². The third-order valence-corrected chi connectivity index (χ3v) is 3.97. The van der Waals surface area contributed by atoms with E-state index in [4.69, 9.17) is 11.6 Å². The molecular weight excluding hydrogens is 264 g/mol. The Kier molecular flexibility index (Phi) is 5.10. The van der Waals surface area contributed by atoms with Crippen LogP contribution < -0.4 is 5.32 Å². The fourth-order valence-corrected chi connectivity index (χ4v) is 2.54. The summed E-state index contributed by atoms with van der Waals surface area (Å²) in [4.78, 5) is 21.3. The van der Waals surface area contributed by atoms with Crippen molar-refractivity contribution in [1.82, 2.24) is 14.9 Å². The van der Waals surface area contributed by atoms with Gasteiger partial charge in [-0.05, 0) is 38.4 Å². The molecular formula is C13H19ClN4O. The molecule has 0 spiro atoms. The fraction of sp³-hybridized carbons (Fsp3) is 0.615. The molecule has 0 bridgehead atoms. The smallest absolute Gasteiger partial charge is 0.156 e. The highest BCUT2D eigenvalue weighted by Gasteiger charge is 2.18. The summed E-state index contributed by atoms with van der Waals surface area (Å²) in [6, 6.07) is 0. The summed E-state index contributed by atoms with van der Waals surface area (Å²) in [7, 11) is 0. The summed E-state index contributed by atoms with van der Waals surface area (Å²) in [5.41, 5.74) is 0.343. The molecule has 1 aromatic heterocycles. The zero-order chi connectivity index (χ0) is 13.7. The molecule has 0 radical (unpaired) electrons. The topological polar surface area (TPSA) is 58.1 Å². The maximum Gasteiger partial charge on any atom is 0.156 e. The van der Waals surface area contributed by atoms with Gasteiger partial charge in [0.1, 0.15) is 17.3 Å². The Morgan fingerprint density at radius 3 is 2.84 bits per heavy atom. The Morgan fingerprint density at radius 1 is 1.47 bits per heavy atom. The Labute approximate surface area is 118 Å². The molecule has 1 aliphatic heterocycles. The number of aldehydes is 1. The number of likely N-dealkylation sites (tertiary alicyclic amines) is 1. The monoisotopic (exact) mass is 282 g/mol. The zero-order valence-corrected chi connectivity index (χ0v) is 11.9. The molecule has 0 aromatic carbocycles. The highest BCUT2D eigenvalue weighted by molar-refractivity contribution is 6.32. The summed E-state index contributed by atoms with van der Waals surface area (Å²) in [6.45, 7) is 6.43. The van der Waals surface area contributed by atoms with Crippen molar-refractivity contribution in [3.8, 4) is 0 Å². The number of nitrogens with one attached hydrogen (secondary N) is 1. The summed E-state index contributed by atoms with van der Waals surface area (Å²) in [5.74, 6) is 1.16. The maximum atomic E-state index is 11.0. The lowest BCUT2D eigenvalue weighted by Crippen LogP contribution is -2.35. The first-order chi connectivity index (χ1) is 9.24. The number of hydrogen-bond donors (Lipinski definition) is 1. The van der Waals surface area contributed by atoms with E-state index in [1.54, 1.807) is 0 Å². The van der Waals surface area contributed by atoms with Gasteiger partial charge in [0, 0.05) is 6.54 Å². The molecule has 1 aromatic rings. The Bertz CT molecular complexity index is 433. The second-order valence-electron chi connectivity index (χ2n) is 4.80. The minimum absolute atomic E-state index is 0.202. The number of anilines is 1. The maximum absolute atomic E-state index is 11.0. The summed E-state index contributed by atoms with van der Waals surface area (Å²) < 4.78 is 0. The largest absolute Gasteiger partial charge is 0.369 e. The van der Waals surface area contributed by atoms with Crippen LogP contribution in [0.4, 0.5) is 5.82 Å². The molecule has 1 fully saturated rings. The molecule has 19 heavy (non-hydrogen) atoms. The molecule has 1 N–H and O–H groups in total. The van der Waals surface area contributed by atoms with E-state index >= 15 is 0 Å². The van der Waals surface area contributed by atoms with Gasteiger partial charge in [0.15, 0.2) is 6.29 Å². The second kappa shape index (κ2) is 6.82. The first kappa shape index (κ1) is 14.2. The zero-order valence-electron chi connectivity index (χ0n) is 11.1. The lowest BCUT2D eigenvalue weighted by molar-refractivity contribution is 0.112. The third kappa shape index (κ3) is 3.64. The highest BCUT2D eigenvalue weighted by Crippen LogP contribution is 2.20. The normalized spacial score (nSPS) is 17.4. The van der Waals surface area contributed by atoms with Gasteiger partial charge >= 0.3 is 0 Å². The molecule has 0 saturated carbocycles. The van der Waals surface area contributed by atoms with E-state index in [1.807, 2.05) is 0 Å². The number of carbonyl (C=O) groups excluding carboxylic acids is 1. The molecule has 0 aliphatic carbocycles. The van der Waals surface area contributed by atoms with Crippen molar-refractivity contribution >= 4 is 23.7 Å². The summed E-state index contributed by atoms with van der Waals surface area (Å²) in [6.07, 6.45) is 4.42. The van der Waals surface area contributed by atoms with E-state index in [9.17, 15) is 4.79 Å². The average Bonchev–Trinajstić information content (AvgIpc) is 2.45. The van der Waals surface area contributed by atoms with Crippen LogP contribution in [0.25, 0.3) is 0 Å². The molecule has 6 heteroatoms. The van der Waals surface area contributed by atoms with Gasteiger partial charge in [-0.1, -0.05) is 18.5 Å². The van der Waals surface area contributed by atoms with Crippen molar-refractivity contribution in [3.63, 3.8) is 0 Å². The molecule has 2 rings (SSSR count). The molecule has 2 heterocycles. The van der Waals surface area contributed by atoms with Crippen LogP contribution in [0.1, 0.15) is 30.1 Å².